The molecule has 148 valence electrons. The highest BCUT2D eigenvalue weighted by atomic mass is 32.2. The van der Waals surface area contributed by atoms with E-state index in [-0.39, 0.29) is 10.8 Å². The van der Waals surface area contributed by atoms with Gasteiger partial charge in [-0.2, -0.15) is 4.98 Å². The number of nitrogens with one attached hydrogen (secondary N) is 1. The van der Waals surface area contributed by atoms with Gasteiger partial charge in [0.25, 0.3) is 0 Å². The molecule has 2 N–H and O–H groups in total. The Morgan fingerprint density at radius 1 is 1.00 bits per heavy atom. The van der Waals surface area contributed by atoms with Gasteiger partial charge >= 0.3 is 0 Å². The van der Waals surface area contributed by atoms with E-state index < -0.39 is 0 Å². The Balaban J connectivity index is 2.37. The predicted octanol–water partition coefficient (Wildman–Crippen LogP) is 5.81. The van der Waals surface area contributed by atoms with Gasteiger partial charge in [-0.15, -0.1) is 0 Å². The number of unbranched alkanes of at least 4 members (excludes halogenated alkanes) is 1. The molecule has 6 heteroatoms. The third kappa shape index (κ3) is 5.83. The van der Waals surface area contributed by atoms with E-state index in [1.165, 1.54) is 0 Å². The van der Waals surface area contributed by atoms with Crippen molar-refractivity contribution >= 4 is 23.4 Å². The lowest BCUT2D eigenvalue weighted by atomic mass is 9.79. The van der Waals surface area contributed by atoms with E-state index in [0.29, 0.717) is 11.7 Å². The minimum atomic E-state index is -0.179. The standard InChI is InChI=1S/C21H32N4OS/c1-8-9-10-27-19-23-13-22-18(25-19)24-14-11-15(20(2,3)4)17(26)16(12-14)21(5,6)7/h11-13,26H,8-10H2,1-7H3,(H,22,23,24,25). The van der Waals surface area contributed by atoms with Crippen molar-refractivity contribution in [2.75, 3.05) is 11.1 Å². The summed E-state index contributed by atoms with van der Waals surface area (Å²) in [7, 11) is 0. The fourth-order valence-corrected chi connectivity index (χ4v) is 3.59. The molecule has 2 rings (SSSR count). The monoisotopic (exact) mass is 388 g/mol. The molecular formula is C21H32N4OS. The van der Waals surface area contributed by atoms with Crippen molar-refractivity contribution in [2.45, 2.75) is 77.3 Å². The zero-order valence-corrected chi connectivity index (χ0v) is 18.4. The van der Waals surface area contributed by atoms with E-state index in [9.17, 15) is 5.11 Å². The Kier molecular flexibility index (Phi) is 6.73. The predicted molar refractivity (Wildman–Crippen MR) is 114 cm³/mol. The second kappa shape index (κ2) is 8.46. The van der Waals surface area contributed by atoms with Crippen LogP contribution in [-0.2, 0) is 10.8 Å². The van der Waals surface area contributed by atoms with Crippen LogP contribution in [0.1, 0.15) is 72.4 Å². The fraction of sp³-hybridized carbons (Fsp3) is 0.571. The molecule has 0 atom stereocenters. The first-order chi connectivity index (χ1) is 12.5. The van der Waals surface area contributed by atoms with Crippen LogP contribution in [0, 0.1) is 0 Å². The van der Waals surface area contributed by atoms with Crippen molar-refractivity contribution in [1.29, 1.82) is 0 Å². The summed E-state index contributed by atoms with van der Waals surface area (Å²) in [6.45, 7) is 14.8. The molecule has 1 aromatic carbocycles. The highest BCUT2D eigenvalue weighted by Gasteiger charge is 2.26. The van der Waals surface area contributed by atoms with Crippen LogP contribution in [0.15, 0.2) is 23.6 Å². The molecule has 0 aliphatic rings. The van der Waals surface area contributed by atoms with Crippen LogP contribution in [0.4, 0.5) is 11.6 Å². The van der Waals surface area contributed by atoms with E-state index in [2.05, 4.69) is 68.7 Å². The third-order valence-corrected chi connectivity index (χ3v) is 5.21. The topological polar surface area (TPSA) is 70.9 Å². The summed E-state index contributed by atoms with van der Waals surface area (Å²) in [5, 5.41) is 14.9. The Bertz CT molecular complexity index is 743. The molecule has 0 amide bonds. The molecule has 0 unspecified atom stereocenters. The second-order valence-corrected chi connectivity index (χ2v) is 9.90. The van der Waals surface area contributed by atoms with Crippen LogP contribution in [0.25, 0.3) is 0 Å². The van der Waals surface area contributed by atoms with Gasteiger partial charge in [-0.05, 0) is 29.4 Å². The summed E-state index contributed by atoms with van der Waals surface area (Å²) < 4.78 is 0. The molecule has 1 aromatic heterocycles. The van der Waals surface area contributed by atoms with Crippen LogP contribution in [0.5, 0.6) is 5.75 Å². The maximum Gasteiger partial charge on any atom is 0.231 e. The largest absolute Gasteiger partial charge is 0.507 e. The van der Waals surface area contributed by atoms with E-state index in [1.54, 1.807) is 18.1 Å². The smallest absolute Gasteiger partial charge is 0.231 e. The van der Waals surface area contributed by atoms with Crippen LogP contribution in [0.3, 0.4) is 0 Å². The van der Waals surface area contributed by atoms with Crippen LogP contribution < -0.4 is 5.32 Å². The molecule has 0 saturated heterocycles. The molecule has 0 radical (unpaired) electrons. The van der Waals surface area contributed by atoms with Gasteiger partial charge in [0.15, 0.2) is 5.16 Å². The first-order valence-corrected chi connectivity index (χ1v) is 10.5. The molecule has 0 bridgehead atoms. The van der Waals surface area contributed by atoms with Crippen molar-refractivity contribution in [3.63, 3.8) is 0 Å². The summed E-state index contributed by atoms with van der Waals surface area (Å²) in [6, 6.07) is 3.97. The van der Waals surface area contributed by atoms with E-state index >= 15 is 0 Å². The summed E-state index contributed by atoms with van der Waals surface area (Å²) in [5.41, 5.74) is 2.33. The van der Waals surface area contributed by atoms with Crippen molar-refractivity contribution in [1.82, 2.24) is 15.0 Å². The van der Waals surface area contributed by atoms with Gasteiger partial charge < -0.3 is 10.4 Å². The maximum atomic E-state index is 10.8. The molecule has 1 heterocycles. The zero-order chi connectivity index (χ0) is 20.2. The molecule has 0 aliphatic carbocycles. The highest BCUT2D eigenvalue weighted by Crippen LogP contribution is 2.41. The number of hydrogen-bond donors (Lipinski definition) is 2. The van der Waals surface area contributed by atoms with Crippen molar-refractivity contribution in [3.8, 4) is 5.75 Å². The van der Waals surface area contributed by atoms with Gasteiger partial charge in [0.05, 0.1) is 0 Å². The first kappa shape index (κ1) is 21.5. The van der Waals surface area contributed by atoms with Gasteiger partial charge in [0.1, 0.15) is 12.1 Å². The minimum absolute atomic E-state index is 0.179. The number of benzene rings is 1. The van der Waals surface area contributed by atoms with Crippen LogP contribution >= 0.6 is 11.8 Å². The Hall–Kier alpha value is -1.82. The number of nitrogens with zero attached hydrogens (tertiary/aromatic N) is 3. The number of hydrogen-bond acceptors (Lipinski definition) is 6. The van der Waals surface area contributed by atoms with Crippen molar-refractivity contribution in [3.05, 3.63) is 29.6 Å². The van der Waals surface area contributed by atoms with Crippen molar-refractivity contribution in [2.24, 2.45) is 0 Å². The molecular weight excluding hydrogens is 356 g/mol. The number of phenols is 1. The Labute approximate surface area is 167 Å². The Morgan fingerprint density at radius 2 is 1.59 bits per heavy atom. The number of anilines is 2. The Morgan fingerprint density at radius 3 is 2.11 bits per heavy atom. The zero-order valence-electron chi connectivity index (χ0n) is 17.6. The normalized spacial score (nSPS) is 12.3. The number of aromatic nitrogens is 3. The molecule has 0 spiro atoms. The molecule has 0 aliphatic heterocycles. The lowest BCUT2D eigenvalue weighted by molar-refractivity contribution is 0.423. The average molecular weight is 389 g/mol. The quantitative estimate of drug-likeness (QED) is 0.370. The number of phenolic OH excluding ortho intramolecular Hbond substituents is 1. The summed E-state index contributed by atoms with van der Waals surface area (Å²) >= 11 is 1.64. The van der Waals surface area contributed by atoms with Gasteiger partial charge in [-0.1, -0.05) is 66.6 Å². The fourth-order valence-electron chi connectivity index (χ4n) is 2.70. The number of thioether (sulfide) groups is 1. The van der Waals surface area contributed by atoms with Crippen molar-refractivity contribution < 1.29 is 5.11 Å². The van der Waals surface area contributed by atoms with Gasteiger partial charge in [0.2, 0.25) is 5.95 Å². The van der Waals surface area contributed by atoms with E-state index in [0.717, 1.165) is 40.6 Å². The summed E-state index contributed by atoms with van der Waals surface area (Å²) in [5.74, 6) is 1.89. The first-order valence-electron chi connectivity index (χ1n) is 9.49. The molecule has 5 nitrogen and oxygen atoms in total. The van der Waals surface area contributed by atoms with E-state index in [1.807, 2.05) is 12.1 Å². The van der Waals surface area contributed by atoms with Gasteiger partial charge in [0, 0.05) is 22.6 Å². The molecule has 0 saturated carbocycles. The van der Waals surface area contributed by atoms with Gasteiger partial charge in [-0.25, -0.2) is 9.97 Å². The maximum absolute atomic E-state index is 10.8. The lowest BCUT2D eigenvalue weighted by Crippen LogP contribution is -2.17. The molecule has 27 heavy (non-hydrogen) atoms. The SMILES string of the molecule is CCCCSc1ncnc(Nc2cc(C(C)(C)C)c(O)c(C(C)(C)C)c2)n1. The molecule has 2 aromatic rings. The van der Waals surface area contributed by atoms with Crippen LogP contribution in [-0.4, -0.2) is 25.8 Å². The van der Waals surface area contributed by atoms with E-state index in [4.69, 9.17) is 0 Å². The molecule has 0 fully saturated rings. The highest BCUT2D eigenvalue weighted by molar-refractivity contribution is 7.99. The minimum Gasteiger partial charge on any atom is -0.507 e. The number of rotatable bonds is 6. The second-order valence-electron chi connectivity index (χ2n) is 8.84. The van der Waals surface area contributed by atoms with Gasteiger partial charge in [-0.3, -0.25) is 0 Å². The lowest BCUT2D eigenvalue weighted by Gasteiger charge is -2.28. The number of aromatic hydroxyl groups is 1. The third-order valence-electron chi connectivity index (χ3n) is 4.26. The average Bonchev–Trinajstić information content (AvgIpc) is 2.55. The summed E-state index contributed by atoms with van der Waals surface area (Å²) in [4.78, 5) is 13.0. The van der Waals surface area contributed by atoms with Crippen LogP contribution in [0.2, 0.25) is 0 Å². The summed E-state index contributed by atoms with van der Waals surface area (Å²) in [6.07, 6.45) is 3.84.